The molecule has 2 N–H and O–H groups in total. The second-order valence-corrected chi connectivity index (χ2v) is 6.41. The molecule has 1 aliphatic rings. The third kappa shape index (κ3) is 1.92. The van der Waals surface area contributed by atoms with Gasteiger partial charge >= 0.3 is 0 Å². The van der Waals surface area contributed by atoms with Gasteiger partial charge in [0.15, 0.2) is 0 Å². The van der Waals surface area contributed by atoms with Gasteiger partial charge in [-0.2, -0.15) is 0 Å². The van der Waals surface area contributed by atoms with Gasteiger partial charge in [-0.25, -0.2) is 9.97 Å². The maximum atomic E-state index is 4.89. The van der Waals surface area contributed by atoms with E-state index in [1.807, 2.05) is 36.4 Å². The Bertz CT molecular complexity index is 914. The topological polar surface area (TPSA) is 57.4 Å². The number of hydrogen-bond acceptors (Lipinski definition) is 2. The molecule has 24 heavy (non-hydrogen) atoms. The first-order valence-electron chi connectivity index (χ1n) is 8.31. The van der Waals surface area contributed by atoms with E-state index in [9.17, 15) is 0 Å². The van der Waals surface area contributed by atoms with Crippen LogP contribution in [0, 0.1) is 6.08 Å². The minimum Gasteiger partial charge on any atom is -0.341 e. The van der Waals surface area contributed by atoms with Crippen molar-refractivity contribution in [1.29, 1.82) is 0 Å². The second-order valence-electron chi connectivity index (χ2n) is 6.41. The first-order valence-corrected chi connectivity index (χ1v) is 8.31. The maximum Gasteiger partial charge on any atom is 0.121 e. The molecule has 0 unspecified atom stereocenters. The van der Waals surface area contributed by atoms with Gasteiger partial charge in [-0.3, -0.25) is 0 Å². The molecule has 2 heterocycles. The summed E-state index contributed by atoms with van der Waals surface area (Å²) < 4.78 is 0. The monoisotopic (exact) mass is 313 g/mol. The Morgan fingerprint density at radius 2 is 1.42 bits per heavy atom. The minimum absolute atomic E-state index is 0.271. The van der Waals surface area contributed by atoms with Gasteiger partial charge in [-0.15, -0.1) is 0 Å². The van der Waals surface area contributed by atoms with Crippen molar-refractivity contribution < 1.29 is 0 Å². The molecule has 2 aromatic heterocycles. The number of benzene rings is 2. The molecule has 5 rings (SSSR count). The number of H-pyrrole nitrogens is 2. The number of fused-ring (bicyclic) bond motifs is 2. The lowest BCUT2D eigenvalue weighted by Crippen LogP contribution is -2.31. The van der Waals surface area contributed by atoms with Crippen molar-refractivity contribution in [2.45, 2.75) is 24.7 Å². The normalized spacial score (nSPS) is 16.8. The molecule has 0 amide bonds. The molecule has 0 spiro atoms. The van der Waals surface area contributed by atoms with Gasteiger partial charge in [-0.05, 0) is 49.6 Å². The molecule has 4 heteroatoms. The number of hydrogen-bond donors (Lipinski definition) is 2. The Labute approximate surface area is 139 Å². The summed E-state index contributed by atoms with van der Waals surface area (Å²) in [6.07, 6.45) is 8.28. The number of para-hydroxylation sites is 4. The lowest BCUT2D eigenvalue weighted by Gasteiger charge is -2.30. The molecule has 0 bridgehead atoms. The smallest absolute Gasteiger partial charge is 0.121 e. The summed E-state index contributed by atoms with van der Waals surface area (Å²) in [6.45, 7) is 0. The van der Waals surface area contributed by atoms with Crippen molar-refractivity contribution in [3.8, 4) is 0 Å². The number of rotatable bonds is 2. The third-order valence-electron chi connectivity index (χ3n) is 4.95. The quantitative estimate of drug-likeness (QED) is 0.580. The maximum absolute atomic E-state index is 4.89. The average Bonchev–Trinajstić information content (AvgIpc) is 3.26. The van der Waals surface area contributed by atoms with Crippen LogP contribution in [0.4, 0.5) is 0 Å². The summed E-state index contributed by atoms with van der Waals surface area (Å²) in [5.74, 6) is 1.95. The Morgan fingerprint density at radius 3 is 1.92 bits per heavy atom. The Hall–Kier alpha value is -2.88. The van der Waals surface area contributed by atoms with E-state index in [0.29, 0.717) is 0 Å². The van der Waals surface area contributed by atoms with Crippen LogP contribution >= 0.6 is 0 Å². The summed E-state index contributed by atoms with van der Waals surface area (Å²) in [5, 5.41) is 0. The number of aromatic amines is 2. The van der Waals surface area contributed by atoms with Crippen molar-refractivity contribution in [3.63, 3.8) is 0 Å². The summed E-state index contributed by atoms with van der Waals surface area (Å²) in [6, 6.07) is 16.3. The Morgan fingerprint density at radius 1 is 0.833 bits per heavy atom. The molecule has 2 aromatic carbocycles. The van der Waals surface area contributed by atoms with Gasteiger partial charge in [-0.1, -0.05) is 30.3 Å². The van der Waals surface area contributed by atoms with Crippen LogP contribution in [0.2, 0.25) is 0 Å². The molecular formula is C20H17N4. The second kappa shape index (κ2) is 5.06. The van der Waals surface area contributed by atoms with E-state index < -0.39 is 0 Å². The van der Waals surface area contributed by atoms with Crippen molar-refractivity contribution in [3.05, 3.63) is 72.3 Å². The first-order chi connectivity index (χ1) is 11.9. The van der Waals surface area contributed by atoms with Crippen LogP contribution in [-0.4, -0.2) is 19.9 Å². The van der Waals surface area contributed by atoms with Crippen LogP contribution in [0.3, 0.4) is 0 Å². The highest BCUT2D eigenvalue weighted by atomic mass is 15.0. The zero-order valence-electron chi connectivity index (χ0n) is 13.2. The number of aromatic nitrogens is 4. The van der Waals surface area contributed by atoms with Crippen LogP contribution in [0.1, 0.15) is 30.9 Å². The summed E-state index contributed by atoms with van der Waals surface area (Å²) >= 11 is 0. The van der Waals surface area contributed by atoms with Gasteiger partial charge in [0.25, 0.3) is 0 Å². The van der Waals surface area contributed by atoms with Gasteiger partial charge in [0.05, 0.1) is 27.5 Å². The number of nitrogens with zero attached hydrogens (tertiary/aromatic N) is 2. The average molecular weight is 313 g/mol. The van der Waals surface area contributed by atoms with E-state index in [1.54, 1.807) is 0 Å². The highest BCUT2D eigenvalue weighted by Crippen LogP contribution is 2.40. The molecule has 0 fully saturated rings. The summed E-state index contributed by atoms with van der Waals surface area (Å²) in [5.41, 5.74) is 3.86. The zero-order chi connectivity index (χ0) is 16.0. The largest absolute Gasteiger partial charge is 0.341 e. The van der Waals surface area contributed by atoms with E-state index in [0.717, 1.165) is 53.0 Å². The molecule has 1 radical (unpaired) electrons. The van der Waals surface area contributed by atoms with Crippen LogP contribution in [0.25, 0.3) is 22.1 Å². The van der Waals surface area contributed by atoms with Crippen LogP contribution in [0.15, 0.2) is 54.6 Å². The number of nitrogens with one attached hydrogen (secondary N) is 2. The molecule has 0 aliphatic heterocycles. The summed E-state index contributed by atoms with van der Waals surface area (Å²) in [7, 11) is 0. The third-order valence-corrected chi connectivity index (χ3v) is 4.95. The van der Waals surface area contributed by atoms with E-state index in [-0.39, 0.29) is 5.41 Å². The van der Waals surface area contributed by atoms with Crippen molar-refractivity contribution in [1.82, 2.24) is 19.9 Å². The fourth-order valence-electron chi connectivity index (χ4n) is 3.63. The number of allylic oxidation sites excluding steroid dienone is 2. The van der Waals surface area contributed by atoms with E-state index in [2.05, 4.69) is 34.3 Å². The highest BCUT2D eigenvalue weighted by Gasteiger charge is 2.40. The van der Waals surface area contributed by atoms with Crippen LogP contribution < -0.4 is 0 Å². The van der Waals surface area contributed by atoms with Crippen molar-refractivity contribution >= 4 is 22.1 Å². The van der Waals surface area contributed by atoms with Gasteiger partial charge in [0.1, 0.15) is 11.6 Å². The SMILES string of the molecule is [C]1=CCCC(c2nc3ccccc3[nH]2)(c2nc3ccccc3[nH]2)C1. The summed E-state index contributed by atoms with van der Waals surface area (Å²) in [4.78, 5) is 16.8. The van der Waals surface area contributed by atoms with Crippen LogP contribution in [0.5, 0.6) is 0 Å². The first kappa shape index (κ1) is 13.5. The molecular weight excluding hydrogens is 296 g/mol. The fourth-order valence-corrected chi connectivity index (χ4v) is 3.63. The zero-order valence-corrected chi connectivity index (χ0v) is 13.2. The van der Waals surface area contributed by atoms with E-state index in [4.69, 9.17) is 9.97 Å². The van der Waals surface area contributed by atoms with E-state index >= 15 is 0 Å². The van der Waals surface area contributed by atoms with Crippen LogP contribution in [-0.2, 0) is 5.41 Å². The number of imidazole rings is 2. The van der Waals surface area contributed by atoms with Gasteiger partial charge in [0.2, 0.25) is 0 Å². The van der Waals surface area contributed by atoms with Crippen molar-refractivity contribution in [2.75, 3.05) is 0 Å². The molecule has 0 saturated carbocycles. The molecule has 0 atom stereocenters. The highest BCUT2D eigenvalue weighted by molar-refractivity contribution is 5.76. The van der Waals surface area contributed by atoms with Gasteiger partial charge < -0.3 is 9.97 Å². The molecule has 4 nitrogen and oxygen atoms in total. The van der Waals surface area contributed by atoms with Crippen molar-refractivity contribution in [2.24, 2.45) is 0 Å². The molecule has 4 aromatic rings. The lowest BCUT2D eigenvalue weighted by atomic mass is 9.75. The van der Waals surface area contributed by atoms with E-state index in [1.165, 1.54) is 0 Å². The predicted molar refractivity (Wildman–Crippen MR) is 94.6 cm³/mol. The minimum atomic E-state index is -0.271. The molecule has 1 aliphatic carbocycles. The fraction of sp³-hybridized carbons (Fsp3) is 0.200. The standard InChI is InChI=1S/C20H17N4/c1-6-12-20(13-7-1,18-21-14-8-2-3-9-15(14)22-18)19-23-16-10-4-5-11-17(16)24-19/h1-5,8-11H,6,12-13H2,(H,21,22)(H,23,24). The van der Waals surface area contributed by atoms with Gasteiger partial charge in [0, 0.05) is 0 Å². The Balaban J connectivity index is 1.74. The molecule has 117 valence electrons. The molecule has 0 saturated heterocycles. The Kier molecular flexibility index (Phi) is 2.86. The predicted octanol–water partition coefficient (Wildman–Crippen LogP) is 4.27. The lowest BCUT2D eigenvalue weighted by molar-refractivity contribution is 0.416.